The average Bonchev–Trinajstić information content (AvgIpc) is 3.25. The molecule has 0 radical (unpaired) electrons. The van der Waals surface area contributed by atoms with Crippen molar-refractivity contribution >= 4 is 0 Å². The van der Waals surface area contributed by atoms with E-state index < -0.39 is 17.8 Å². The smallest absolute Gasteiger partial charge is 0.115 e. The molecule has 1 heterocycles. The zero-order valence-electron chi connectivity index (χ0n) is 24.5. The van der Waals surface area contributed by atoms with Crippen molar-refractivity contribution in [2.24, 2.45) is 40.9 Å². The standard InChI is InChI=1S/C35H52O5/c1-34-17-14-28-27-13-11-26(36)20-24(27)8-12-29(28)30(34)15-18-35(34,39)25-9-6-22(7-10-25)21-2-4-23(5-3-21)33-32(38)31(37)16-19-40-33/h11,13,20-23,25,28-33,36-39H,2-10,12,14-19H2,1H3. The molecule has 5 fully saturated rings. The Labute approximate surface area is 240 Å². The summed E-state index contributed by atoms with van der Waals surface area (Å²) in [5, 5.41) is 43.1. The van der Waals surface area contributed by atoms with Crippen molar-refractivity contribution in [3.05, 3.63) is 29.3 Å². The summed E-state index contributed by atoms with van der Waals surface area (Å²) in [5.74, 6) is 4.63. The third kappa shape index (κ3) is 4.39. The third-order valence-corrected chi connectivity index (χ3v) is 13.8. The van der Waals surface area contributed by atoms with Crippen molar-refractivity contribution in [2.45, 2.75) is 133 Å². The number of aryl methyl sites for hydroxylation is 1. The number of aliphatic hydroxyl groups is 3. The summed E-state index contributed by atoms with van der Waals surface area (Å²) in [5.41, 5.74) is 2.34. The summed E-state index contributed by atoms with van der Waals surface area (Å²) < 4.78 is 5.92. The van der Waals surface area contributed by atoms with Gasteiger partial charge in [-0.15, -0.1) is 0 Å². The van der Waals surface area contributed by atoms with Gasteiger partial charge in [0.1, 0.15) is 11.9 Å². The minimum Gasteiger partial charge on any atom is -0.508 e. The molecule has 0 amide bonds. The molecule has 1 aromatic carbocycles. The van der Waals surface area contributed by atoms with Gasteiger partial charge in [-0.25, -0.2) is 0 Å². The number of ether oxygens (including phenoxy) is 1. The van der Waals surface area contributed by atoms with Crippen LogP contribution in [-0.4, -0.2) is 50.9 Å². The highest BCUT2D eigenvalue weighted by Gasteiger charge is 2.63. The number of fused-ring (bicyclic) bond motifs is 5. The molecule has 8 atom stereocenters. The fraction of sp³-hybridized carbons (Fsp3) is 0.829. The van der Waals surface area contributed by atoms with Gasteiger partial charge >= 0.3 is 0 Å². The van der Waals surface area contributed by atoms with Crippen molar-refractivity contribution < 1.29 is 25.2 Å². The van der Waals surface area contributed by atoms with E-state index in [-0.39, 0.29) is 11.5 Å². The quantitative estimate of drug-likeness (QED) is 0.364. The number of hydrogen-bond donors (Lipinski definition) is 4. The lowest BCUT2D eigenvalue weighted by molar-refractivity contribution is -0.160. The highest BCUT2D eigenvalue weighted by Crippen LogP contribution is 2.67. The highest BCUT2D eigenvalue weighted by molar-refractivity contribution is 5.40. The minimum atomic E-state index is -0.727. The van der Waals surface area contributed by atoms with Crippen LogP contribution in [0, 0.1) is 40.9 Å². The van der Waals surface area contributed by atoms with Crippen LogP contribution in [0.4, 0.5) is 0 Å². The van der Waals surface area contributed by atoms with Crippen molar-refractivity contribution in [3.8, 4) is 5.75 Å². The monoisotopic (exact) mass is 552 g/mol. The summed E-state index contributed by atoms with van der Waals surface area (Å²) in [7, 11) is 0. The lowest BCUT2D eigenvalue weighted by Gasteiger charge is -2.56. The van der Waals surface area contributed by atoms with Gasteiger partial charge in [0.2, 0.25) is 0 Å². The van der Waals surface area contributed by atoms with E-state index in [0.29, 0.717) is 48.4 Å². The number of phenols is 1. The van der Waals surface area contributed by atoms with Gasteiger partial charge in [-0.05, 0) is 166 Å². The second-order valence-electron chi connectivity index (χ2n) is 15.2. The number of aromatic hydroxyl groups is 1. The van der Waals surface area contributed by atoms with Crippen LogP contribution in [0.25, 0.3) is 0 Å². The van der Waals surface area contributed by atoms with E-state index in [2.05, 4.69) is 13.0 Å². The predicted octanol–water partition coefficient (Wildman–Crippen LogP) is 6.10. The molecule has 7 rings (SSSR count). The Balaban J connectivity index is 0.968. The Bertz CT molecular complexity index is 1060. The second-order valence-corrected chi connectivity index (χ2v) is 15.2. The molecule has 4 saturated carbocycles. The predicted molar refractivity (Wildman–Crippen MR) is 155 cm³/mol. The molecule has 8 unspecified atom stereocenters. The Morgan fingerprint density at radius 2 is 1.50 bits per heavy atom. The van der Waals surface area contributed by atoms with Crippen molar-refractivity contribution in [1.82, 2.24) is 0 Å². The maximum Gasteiger partial charge on any atom is 0.115 e. The van der Waals surface area contributed by atoms with E-state index in [9.17, 15) is 20.4 Å². The molecule has 0 spiro atoms. The molecule has 4 N–H and O–H groups in total. The van der Waals surface area contributed by atoms with Gasteiger partial charge in [-0.1, -0.05) is 13.0 Å². The van der Waals surface area contributed by atoms with Crippen LogP contribution < -0.4 is 0 Å². The molecular weight excluding hydrogens is 500 g/mol. The van der Waals surface area contributed by atoms with Gasteiger partial charge in [0.25, 0.3) is 0 Å². The Morgan fingerprint density at radius 1 is 0.800 bits per heavy atom. The molecule has 40 heavy (non-hydrogen) atoms. The third-order valence-electron chi connectivity index (χ3n) is 13.8. The average molecular weight is 553 g/mol. The maximum absolute atomic E-state index is 12.5. The molecule has 1 saturated heterocycles. The zero-order chi connectivity index (χ0) is 27.6. The van der Waals surface area contributed by atoms with E-state index in [1.165, 1.54) is 68.9 Å². The normalized spacial score (nSPS) is 49.1. The van der Waals surface area contributed by atoms with E-state index >= 15 is 0 Å². The van der Waals surface area contributed by atoms with Crippen LogP contribution in [0.2, 0.25) is 0 Å². The molecule has 6 aliphatic rings. The van der Waals surface area contributed by atoms with Crippen LogP contribution >= 0.6 is 0 Å². The van der Waals surface area contributed by atoms with Crippen molar-refractivity contribution in [1.29, 1.82) is 0 Å². The molecular formula is C35H52O5. The van der Waals surface area contributed by atoms with Crippen molar-refractivity contribution in [3.63, 3.8) is 0 Å². The summed E-state index contributed by atoms with van der Waals surface area (Å²) >= 11 is 0. The number of rotatable bonds is 3. The number of phenolic OH excluding ortho intramolecular Hbond substituents is 1. The summed E-state index contributed by atoms with van der Waals surface area (Å²) in [6.07, 6.45) is 15.2. The first-order chi connectivity index (χ1) is 19.3. The first kappa shape index (κ1) is 27.7. The molecule has 0 aromatic heterocycles. The highest BCUT2D eigenvalue weighted by atomic mass is 16.5. The number of benzene rings is 1. The lowest BCUT2D eigenvalue weighted by atomic mass is 9.50. The molecule has 1 aromatic rings. The first-order valence-electron chi connectivity index (χ1n) is 16.8. The summed E-state index contributed by atoms with van der Waals surface area (Å²) in [4.78, 5) is 0. The van der Waals surface area contributed by atoms with Crippen LogP contribution in [0.1, 0.15) is 114 Å². The molecule has 222 valence electrons. The summed E-state index contributed by atoms with van der Waals surface area (Å²) in [6, 6.07) is 6.06. The Kier molecular flexibility index (Phi) is 7.29. The lowest BCUT2D eigenvalue weighted by Crippen LogP contribution is -2.55. The van der Waals surface area contributed by atoms with Gasteiger partial charge in [0.15, 0.2) is 0 Å². The zero-order valence-corrected chi connectivity index (χ0v) is 24.5. The summed E-state index contributed by atoms with van der Waals surface area (Å²) in [6.45, 7) is 3.02. The fourth-order valence-electron chi connectivity index (χ4n) is 11.5. The number of aliphatic hydroxyl groups excluding tert-OH is 2. The Hall–Kier alpha value is -1.14. The van der Waals surface area contributed by atoms with Crippen LogP contribution in [0.15, 0.2) is 18.2 Å². The molecule has 5 heteroatoms. The first-order valence-corrected chi connectivity index (χ1v) is 16.8. The van der Waals surface area contributed by atoms with Gasteiger partial charge in [0.05, 0.1) is 17.8 Å². The van der Waals surface area contributed by atoms with Gasteiger partial charge in [-0.3, -0.25) is 0 Å². The minimum absolute atomic E-state index is 0.0313. The van der Waals surface area contributed by atoms with Crippen LogP contribution in [0.3, 0.4) is 0 Å². The van der Waals surface area contributed by atoms with Crippen LogP contribution in [-0.2, 0) is 11.2 Å². The molecule has 1 aliphatic heterocycles. The fourth-order valence-corrected chi connectivity index (χ4v) is 11.5. The van der Waals surface area contributed by atoms with Gasteiger partial charge in [-0.2, -0.15) is 0 Å². The molecule has 5 nitrogen and oxygen atoms in total. The maximum atomic E-state index is 12.5. The van der Waals surface area contributed by atoms with E-state index in [4.69, 9.17) is 4.74 Å². The van der Waals surface area contributed by atoms with E-state index in [1.54, 1.807) is 0 Å². The van der Waals surface area contributed by atoms with Crippen LogP contribution in [0.5, 0.6) is 5.75 Å². The van der Waals surface area contributed by atoms with E-state index in [0.717, 1.165) is 43.9 Å². The van der Waals surface area contributed by atoms with Gasteiger partial charge < -0.3 is 25.2 Å². The Morgan fingerprint density at radius 3 is 2.25 bits per heavy atom. The second kappa shape index (κ2) is 10.5. The van der Waals surface area contributed by atoms with Gasteiger partial charge in [0, 0.05) is 6.61 Å². The van der Waals surface area contributed by atoms with Crippen molar-refractivity contribution in [2.75, 3.05) is 6.61 Å². The molecule has 0 bridgehead atoms. The largest absolute Gasteiger partial charge is 0.508 e. The SMILES string of the molecule is CC12CCC3c4ccc(O)cc4CCC3C1CCC2(O)C1CCC(C2CCC(C3OCCC(O)C3O)CC2)CC1. The van der Waals surface area contributed by atoms with E-state index in [1.807, 2.05) is 12.1 Å². The molecule has 5 aliphatic carbocycles. The topological polar surface area (TPSA) is 90.2 Å². The number of hydrogen-bond acceptors (Lipinski definition) is 5.